The van der Waals surface area contributed by atoms with Gasteiger partial charge >= 0.3 is 0 Å². The van der Waals surface area contributed by atoms with Crippen LogP contribution in [-0.4, -0.2) is 25.0 Å². The monoisotopic (exact) mass is 282 g/mol. The average molecular weight is 282 g/mol. The van der Waals surface area contributed by atoms with Crippen LogP contribution in [0.5, 0.6) is 0 Å². The number of hydrogen-bond acceptors (Lipinski definition) is 2. The summed E-state index contributed by atoms with van der Waals surface area (Å²) in [5, 5.41) is 6.18. The van der Waals surface area contributed by atoms with Crippen LogP contribution in [0.2, 0.25) is 0 Å². The van der Waals surface area contributed by atoms with E-state index in [0.717, 1.165) is 31.5 Å². The molecule has 0 bridgehead atoms. The van der Waals surface area contributed by atoms with Crippen molar-refractivity contribution >= 4 is 5.91 Å². The fourth-order valence-corrected chi connectivity index (χ4v) is 2.51. The Morgan fingerprint density at radius 3 is 2.95 bits per heavy atom. The molecule has 2 atom stereocenters. The summed E-state index contributed by atoms with van der Waals surface area (Å²) >= 11 is 0. The second-order valence-electron chi connectivity index (χ2n) is 5.40. The number of nitrogens with one attached hydrogen (secondary N) is 2. The second kappa shape index (κ2) is 6.79. The minimum absolute atomic E-state index is 0.0623. The van der Waals surface area contributed by atoms with Crippen molar-refractivity contribution in [3.63, 3.8) is 0 Å². The number of halogens is 2. The second-order valence-corrected chi connectivity index (χ2v) is 5.40. The molecule has 20 heavy (non-hydrogen) atoms. The van der Waals surface area contributed by atoms with E-state index in [9.17, 15) is 13.6 Å². The highest BCUT2D eigenvalue weighted by Gasteiger charge is 2.21. The molecule has 1 amide bonds. The van der Waals surface area contributed by atoms with E-state index in [2.05, 4.69) is 17.6 Å². The lowest BCUT2D eigenvalue weighted by atomic mass is 9.93. The number of carbonyl (C=O) groups excluding carboxylic acids is 1. The van der Waals surface area contributed by atoms with E-state index in [-0.39, 0.29) is 23.9 Å². The van der Waals surface area contributed by atoms with Crippen LogP contribution >= 0.6 is 0 Å². The first-order valence-corrected chi connectivity index (χ1v) is 7.00. The summed E-state index contributed by atoms with van der Waals surface area (Å²) in [5.41, 5.74) is 0.216. The van der Waals surface area contributed by atoms with Gasteiger partial charge in [0.2, 0.25) is 5.91 Å². The summed E-state index contributed by atoms with van der Waals surface area (Å²) in [6, 6.07) is 3.54. The van der Waals surface area contributed by atoms with Gasteiger partial charge < -0.3 is 10.6 Å². The molecule has 3 nitrogen and oxygen atoms in total. The van der Waals surface area contributed by atoms with Crippen molar-refractivity contribution < 1.29 is 13.6 Å². The Morgan fingerprint density at radius 1 is 1.45 bits per heavy atom. The van der Waals surface area contributed by atoms with Crippen molar-refractivity contribution in [2.75, 3.05) is 13.1 Å². The summed E-state index contributed by atoms with van der Waals surface area (Å²) in [6.45, 7) is 3.67. The van der Waals surface area contributed by atoms with Gasteiger partial charge in [0.25, 0.3) is 0 Å². The molecular weight excluding hydrogens is 262 g/mol. The molecule has 1 aliphatic heterocycles. The highest BCUT2D eigenvalue weighted by Crippen LogP contribution is 2.15. The zero-order valence-corrected chi connectivity index (χ0v) is 11.6. The summed E-state index contributed by atoms with van der Waals surface area (Å²) in [7, 11) is 0. The SMILES string of the molecule is CC1CCCNC1CNC(=O)Cc1ccc(F)cc1F. The third-order valence-corrected chi connectivity index (χ3v) is 3.81. The van der Waals surface area contributed by atoms with Crippen LogP contribution in [0.15, 0.2) is 18.2 Å². The van der Waals surface area contributed by atoms with Crippen LogP contribution in [-0.2, 0) is 11.2 Å². The Kier molecular flexibility index (Phi) is 5.06. The van der Waals surface area contributed by atoms with Crippen LogP contribution in [0.4, 0.5) is 8.78 Å². The number of amides is 1. The third kappa shape index (κ3) is 4.00. The van der Waals surface area contributed by atoms with Crippen molar-refractivity contribution in [2.45, 2.75) is 32.2 Å². The first kappa shape index (κ1) is 14.9. The Bertz CT molecular complexity index is 479. The van der Waals surface area contributed by atoms with E-state index in [4.69, 9.17) is 0 Å². The first-order chi connectivity index (χ1) is 9.56. The minimum Gasteiger partial charge on any atom is -0.354 e. The Morgan fingerprint density at radius 2 is 2.25 bits per heavy atom. The van der Waals surface area contributed by atoms with E-state index < -0.39 is 11.6 Å². The lowest BCUT2D eigenvalue weighted by molar-refractivity contribution is -0.120. The smallest absolute Gasteiger partial charge is 0.224 e. The Balaban J connectivity index is 1.83. The number of benzene rings is 1. The highest BCUT2D eigenvalue weighted by molar-refractivity contribution is 5.78. The molecule has 0 spiro atoms. The molecule has 1 fully saturated rings. The molecule has 1 saturated heterocycles. The molecule has 0 radical (unpaired) electrons. The van der Waals surface area contributed by atoms with Gasteiger partial charge in [-0.3, -0.25) is 4.79 Å². The molecule has 1 aromatic carbocycles. The molecule has 1 heterocycles. The van der Waals surface area contributed by atoms with Crippen molar-refractivity contribution in [1.82, 2.24) is 10.6 Å². The van der Waals surface area contributed by atoms with Gasteiger partial charge in [0, 0.05) is 18.7 Å². The van der Waals surface area contributed by atoms with E-state index in [1.807, 2.05) is 0 Å². The standard InChI is InChI=1S/C15H20F2N2O/c1-10-3-2-6-18-14(10)9-19-15(20)7-11-4-5-12(16)8-13(11)17/h4-5,8,10,14,18H,2-3,6-7,9H2,1H3,(H,19,20). The van der Waals surface area contributed by atoms with Crippen LogP contribution in [0, 0.1) is 17.6 Å². The maximum Gasteiger partial charge on any atom is 0.224 e. The molecule has 1 aliphatic rings. The number of piperidine rings is 1. The zero-order chi connectivity index (χ0) is 14.5. The summed E-state index contributed by atoms with van der Waals surface area (Å²) in [5.74, 6) is -1.03. The Labute approximate surface area is 117 Å². The molecule has 2 rings (SSSR count). The predicted molar refractivity (Wildman–Crippen MR) is 73.3 cm³/mol. The minimum atomic E-state index is -0.677. The molecule has 0 aliphatic carbocycles. The average Bonchev–Trinajstić information content (AvgIpc) is 2.41. The van der Waals surface area contributed by atoms with Crippen molar-refractivity contribution in [3.8, 4) is 0 Å². The zero-order valence-electron chi connectivity index (χ0n) is 11.6. The van der Waals surface area contributed by atoms with Crippen LogP contribution < -0.4 is 10.6 Å². The van der Waals surface area contributed by atoms with Crippen LogP contribution in [0.25, 0.3) is 0 Å². The molecule has 1 aromatic rings. The van der Waals surface area contributed by atoms with Crippen LogP contribution in [0.3, 0.4) is 0 Å². The quantitative estimate of drug-likeness (QED) is 0.887. The van der Waals surface area contributed by atoms with Gasteiger partial charge in [-0.1, -0.05) is 13.0 Å². The van der Waals surface area contributed by atoms with Gasteiger partial charge in [0.15, 0.2) is 0 Å². The van der Waals surface area contributed by atoms with Gasteiger partial charge in [-0.15, -0.1) is 0 Å². The normalized spacial score (nSPS) is 22.6. The molecule has 0 saturated carbocycles. The van der Waals surface area contributed by atoms with Crippen molar-refractivity contribution in [3.05, 3.63) is 35.4 Å². The molecular formula is C15H20F2N2O. The lowest BCUT2D eigenvalue weighted by Crippen LogP contribution is -2.48. The summed E-state index contributed by atoms with van der Waals surface area (Å²) < 4.78 is 26.2. The maximum atomic E-state index is 13.4. The fourth-order valence-electron chi connectivity index (χ4n) is 2.51. The Hall–Kier alpha value is -1.49. The third-order valence-electron chi connectivity index (χ3n) is 3.81. The fraction of sp³-hybridized carbons (Fsp3) is 0.533. The number of hydrogen-bond donors (Lipinski definition) is 2. The van der Waals surface area contributed by atoms with E-state index in [1.165, 1.54) is 6.07 Å². The molecule has 110 valence electrons. The first-order valence-electron chi connectivity index (χ1n) is 7.00. The van der Waals surface area contributed by atoms with Gasteiger partial charge in [-0.05, 0) is 36.9 Å². The largest absolute Gasteiger partial charge is 0.354 e. The van der Waals surface area contributed by atoms with Crippen LogP contribution in [0.1, 0.15) is 25.3 Å². The molecule has 2 unspecified atom stereocenters. The predicted octanol–water partition coefficient (Wildman–Crippen LogP) is 2.01. The van der Waals surface area contributed by atoms with Gasteiger partial charge in [0.05, 0.1) is 6.42 Å². The number of carbonyl (C=O) groups is 1. The highest BCUT2D eigenvalue weighted by atomic mass is 19.1. The van der Waals surface area contributed by atoms with Gasteiger partial charge in [-0.25, -0.2) is 8.78 Å². The number of rotatable bonds is 4. The molecule has 2 N–H and O–H groups in total. The van der Waals surface area contributed by atoms with Gasteiger partial charge in [-0.2, -0.15) is 0 Å². The van der Waals surface area contributed by atoms with Crippen molar-refractivity contribution in [1.29, 1.82) is 0 Å². The molecule has 5 heteroatoms. The topological polar surface area (TPSA) is 41.1 Å². The molecule has 0 aromatic heterocycles. The lowest BCUT2D eigenvalue weighted by Gasteiger charge is -2.30. The summed E-state index contributed by atoms with van der Waals surface area (Å²) in [6.07, 6.45) is 2.25. The summed E-state index contributed by atoms with van der Waals surface area (Å²) in [4.78, 5) is 11.8. The van der Waals surface area contributed by atoms with E-state index >= 15 is 0 Å². The maximum absolute atomic E-state index is 13.4. The van der Waals surface area contributed by atoms with Crippen molar-refractivity contribution in [2.24, 2.45) is 5.92 Å². The van der Waals surface area contributed by atoms with E-state index in [0.29, 0.717) is 12.5 Å². The van der Waals surface area contributed by atoms with E-state index in [1.54, 1.807) is 0 Å². The van der Waals surface area contributed by atoms with Gasteiger partial charge in [0.1, 0.15) is 11.6 Å².